The predicted molar refractivity (Wildman–Crippen MR) is 102 cm³/mol. The van der Waals surface area contributed by atoms with Crippen LogP contribution >= 0.6 is 11.3 Å². The minimum absolute atomic E-state index is 0.724. The lowest BCUT2D eigenvalue weighted by Gasteiger charge is -2.31. The number of aromatic nitrogens is 2. The molecule has 0 radical (unpaired) electrons. The smallest absolute Gasteiger partial charge is 0.144 e. The summed E-state index contributed by atoms with van der Waals surface area (Å²) in [4.78, 5) is 2.53. The fourth-order valence-corrected chi connectivity index (χ4v) is 4.38. The maximum absolute atomic E-state index is 5.50. The average Bonchev–Trinajstić information content (AvgIpc) is 3.34. The van der Waals surface area contributed by atoms with Crippen molar-refractivity contribution in [1.82, 2.24) is 14.7 Å². The monoisotopic (exact) mass is 353 g/mol. The third kappa shape index (κ3) is 3.48. The number of para-hydroxylation sites is 2. The van der Waals surface area contributed by atoms with E-state index in [4.69, 9.17) is 4.74 Å². The Morgan fingerprint density at radius 1 is 1.16 bits per heavy atom. The summed E-state index contributed by atoms with van der Waals surface area (Å²) in [5.74, 6) is 1.57. The average molecular weight is 353 g/mol. The quantitative estimate of drug-likeness (QED) is 0.684. The Morgan fingerprint density at radius 2 is 2.00 bits per heavy atom. The second-order valence-electron chi connectivity index (χ2n) is 6.51. The number of benzene rings is 1. The molecule has 25 heavy (non-hydrogen) atoms. The third-order valence-corrected chi connectivity index (χ3v) is 5.72. The van der Waals surface area contributed by atoms with Gasteiger partial charge in [0.2, 0.25) is 0 Å². The van der Waals surface area contributed by atoms with Gasteiger partial charge in [-0.25, -0.2) is 4.68 Å². The van der Waals surface area contributed by atoms with Gasteiger partial charge in [-0.2, -0.15) is 16.4 Å². The van der Waals surface area contributed by atoms with Crippen LogP contribution in [0.1, 0.15) is 30.0 Å². The van der Waals surface area contributed by atoms with Crippen molar-refractivity contribution in [2.45, 2.75) is 25.3 Å². The van der Waals surface area contributed by atoms with Gasteiger partial charge in [-0.3, -0.25) is 4.90 Å². The molecule has 5 heteroatoms. The van der Waals surface area contributed by atoms with E-state index in [1.165, 1.54) is 24.1 Å². The summed E-state index contributed by atoms with van der Waals surface area (Å²) in [6, 6.07) is 12.4. The molecule has 3 heterocycles. The number of nitrogens with zero attached hydrogens (tertiary/aromatic N) is 3. The van der Waals surface area contributed by atoms with Gasteiger partial charge in [0.1, 0.15) is 11.4 Å². The summed E-state index contributed by atoms with van der Waals surface area (Å²) in [6.07, 6.45) is 4.35. The molecule has 1 aliphatic rings. The van der Waals surface area contributed by atoms with Gasteiger partial charge in [0, 0.05) is 12.7 Å². The Hall–Kier alpha value is -2.11. The Kier molecular flexibility index (Phi) is 4.85. The molecule has 0 N–H and O–H groups in total. The predicted octanol–water partition coefficient (Wildman–Crippen LogP) is 4.32. The lowest BCUT2D eigenvalue weighted by molar-refractivity contribution is 0.201. The van der Waals surface area contributed by atoms with E-state index in [0.29, 0.717) is 0 Å². The van der Waals surface area contributed by atoms with Crippen molar-refractivity contribution in [1.29, 1.82) is 0 Å². The standard InChI is InChI=1S/C20H23N3OS/c1-24-20-5-3-2-4-19(20)23-18(6-10-21-23)14-22-11-7-16(8-12-22)17-9-13-25-15-17/h2-6,9-10,13,15-16H,7-8,11-12,14H2,1H3. The number of hydrogen-bond donors (Lipinski definition) is 0. The normalized spacial score (nSPS) is 16.2. The van der Waals surface area contributed by atoms with Crippen LogP contribution in [0.15, 0.2) is 53.4 Å². The van der Waals surface area contributed by atoms with E-state index in [0.717, 1.165) is 37.0 Å². The van der Waals surface area contributed by atoms with Crippen molar-refractivity contribution in [3.8, 4) is 11.4 Å². The summed E-state index contributed by atoms with van der Waals surface area (Å²) in [6.45, 7) is 3.20. The first-order valence-electron chi connectivity index (χ1n) is 8.76. The molecule has 0 aliphatic carbocycles. The van der Waals surface area contributed by atoms with Gasteiger partial charge >= 0.3 is 0 Å². The molecule has 1 fully saturated rings. The van der Waals surface area contributed by atoms with E-state index in [-0.39, 0.29) is 0 Å². The molecular formula is C20H23N3OS. The van der Waals surface area contributed by atoms with Crippen molar-refractivity contribution in [2.75, 3.05) is 20.2 Å². The van der Waals surface area contributed by atoms with Gasteiger partial charge in [-0.15, -0.1) is 0 Å². The highest BCUT2D eigenvalue weighted by molar-refractivity contribution is 7.07. The molecule has 3 aromatic rings. The number of piperidine rings is 1. The van der Waals surface area contributed by atoms with Crippen LogP contribution in [0.5, 0.6) is 5.75 Å². The van der Waals surface area contributed by atoms with Gasteiger partial charge in [0.05, 0.1) is 12.8 Å². The fraction of sp³-hybridized carbons (Fsp3) is 0.350. The van der Waals surface area contributed by atoms with Crippen LogP contribution in [0, 0.1) is 0 Å². The van der Waals surface area contributed by atoms with Crippen LogP contribution in [0.4, 0.5) is 0 Å². The van der Waals surface area contributed by atoms with Crippen LogP contribution < -0.4 is 4.74 Å². The highest BCUT2D eigenvalue weighted by Crippen LogP contribution is 2.30. The molecule has 2 aromatic heterocycles. The third-order valence-electron chi connectivity index (χ3n) is 5.02. The fourth-order valence-electron chi connectivity index (χ4n) is 3.63. The number of thiophene rings is 1. The molecule has 130 valence electrons. The summed E-state index contributed by atoms with van der Waals surface area (Å²) in [5, 5.41) is 9.02. The first-order chi connectivity index (χ1) is 12.3. The second-order valence-corrected chi connectivity index (χ2v) is 7.29. The minimum Gasteiger partial charge on any atom is -0.494 e. The van der Waals surface area contributed by atoms with Crippen molar-refractivity contribution in [3.05, 3.63) is 64.6 Å². The Balaban J connectivity index is 1.45. The molecule has 1 aliphatic heterocycles. The van der Waals surface area contributed by atoms with E-state index in [9.17, 15) is 0 Å². The molecule has 0 atom stereocenters. The molecule has 0 bridgehead atoms. The topological polar surface area (TPSA) is 30.3 Å². The highest BCUT2D eigenvalue weighted by atomic mass is 32.1. The van der Waals surface area contributed by atoms with Gasteiger partial charge in [-0.05, 0) is 72.4 Å². The van der Waals surface area contributed by atoms with Crippen LogP contribution in [-0.4, -0.2) is 34.9 Å². The number of ether oxygens (including phenoxy) is 1. The molecular weight excluding hydrogens is 330 g/mol. The summed E-state index contributed by atoms with van der Waals surface area (Å²) < 4.78 is 7.50. The zero-order valence-electron chi connectivity index (χ0n) is 14.5. The van der Waals surface area contributed by atoms with Gasteiger partial charge < -0.3 is 4.74 Å². The maximum atomic E-state index is 5.50. The first-order valence-corrected chi connectivity index (χ1v) is 9.70. The largest absolute Gasteiger partial charge is 0.494 e. The number of likely N-dealkylation sites (tertiary alicyclic amines) is 1. The van der Waals surface area contributed by atoms with Crippen LogP contribution in [0.2, 0.25) is 0 Å². The zero-order chi connectivity index (χ0) is 17.1. The van der Waals surface area contributed by atoms with Gasteiger partial charge in [0.15, 0.2) is 0 Å². The Morgan fingerprint density at radius 3 is 2.76 bits per heavy atom. The van der Waals surface area contributed by atoms with Crippen molar-refractivity contribution in [2.24, 2.45) is 0 Å². The summed E-state index contributed by atoms with van der Waals surface area (Å²) in [7, 11) is 1.71. The molecule has 0 amide bonds. The molecule has 1 aromatic carbocycles. The Labute approximate surface area is 152 Å². The minimum atomic E-state index is 0.724. The number of hydrogen-bond acceptors (Lipinski definition) is 4. The Bertz CT molecular complexity index is 804. The maximum Gasteiger partial charge on any atom is 0.144 e. The lowest BCUT2D eigenvalue weighted by Crippen LogP contribution is -2.33. The number of methoxy groups -OCH3 is 1. The van der Waals surface area contributed by atoms with E-state index in [1.807, 2.05) is 29.1 Å². The summed E-state index contributed by atoms with van der Waals surface area (Å²) in [5.41, 5.74) is 3.72. The molecule has 0 saturated carbocycles. The summed E-state index contributed by atoms with van der Waals surface area (Å²) >= 11 is 1.80. The molecule has 1 saturated heterocycles. The molecule has 4 nitrogen and oxygen atoms in total. The second kappa shape index (κ2) is 7.42. The van der Waals surface area contributed by atoms with Crippen LogP contribution in [0.3, 0.4) is 0 Å². The van der Waals surface area contributed by atoms with Gasteiger partial charge in [0.25, 0.3) is 0 Å². The van der Waals surface area contributed by atoms with Crippen molar-refractivity contribution in [3.63, 3.8) is 0 Å². The molecule has 0 unspecified atom stereocenters. The van der Waals surface area contributed by atoms with E-state index in [1.54, 1.807) is 18.4 Å². The van der Waals surface area contributed by atoms with Crippen LogP contribution in [-0.2, 0) is 6.54 Å². The SMILES string of the molecule is COc1ccccc1-n1nccc1CN1CCC(c2ccsc2)CC1. The van der Waals surface area contributed by atoms with Crippen molar-refractivity contribution >= 4 is 11.3 Å². The van der Waals surface area contributed by atoms with E-state index >= 15 is 0 Å². The highest BCUT2D eigenvalue weighted by Gasteiger charge is 2.22. The lowest BCUT2D eigenvalue weighted by atomic mass is 9.91. The van der Waals surface area contributed by atoms with E-state index < -0.39 is 0 Å². The first kappa shape index (κ1) is 16.4. The molecule has 4 rings (SSSR count). The van der Waals surface area contributed by atoms with E-state index in [2.05, 4.69) is 39.0 Å². The molecule has 0 spiro atoms. The van der Waals surface area contributed by atoms with Crippen molar-refractivity contribution < 1.29 is 4.74 Å². The van der Waals surface area contributed by atoms with Crippen LogP contribution in [0.25, 0.3) is 5.69 Å². The van der Waals surface area contributed by atoms with Gasteiger partial charge in [-0.1, -0.05) is 12.1 Å². The zero-order valence-corrected chi connectivity index (χ0v) is 15.3. The number of rotatable bonds is 5.